The van der Waals surface area contributed by atoms with E-state index in [9.17, 15) is 23.5 Å². The summed E-state index contributed by atoms with van der Waals surface area (Å²) in [5.41, 5.74) is 0. The Morgan fingerprint density at radius 1 is 1.04 bits per heavy atom. The monoisotopic (exact) mass is 331 g/mol. The van der Waals surface area contributed by atoms with Gasteiger partial charge in [-0.1, -0.05) is 38.5 Å². The van der Waals surface area contributed by atoms with Crippen LogP contribution in [0.1, 0.15) is 64.2 Å². The van der Waals surface area contributed by atoms with Crippen LogP contribution >= 0.6 is 0 Å². The maximum Gasteiger partial charge on any atom is 0.326 e. The van der Waals surface area contributed by atoms with Gasteiger partial charge in [0.25, 0.3) is 0 Å². The molecule has 2 aliphatic carbocycles. The summed E-state index contributed by atoms with van der Waals surface area (Å²) in [7, 11) is 0. The van der Waals surface area contributed by atoms with Gasteiger partial charge < -0.3 is 10.4 Å². The highest BCUT2D eigenvalue weighted by Crippen LogP contribution is 2.36. The van der Waals surface area contributed by atoms with Crippen molar-refractivity contribution in [3.05, 3.63) is 0 Å². The van der Waals surface area contributed by atoms with Crippen LogP contribution in [0.25, 0.3) is 0 Å². The number of carbonyl (C=O) groups is 2. The lowest BCUT2D eigenvalue weighted by Crippen LogP contribution is -2.47. The van der Waals surface area contributed by atoms with E-state index >= 15 is 0 Å². The first-order valence-corrected chi connectivity index (χ1v) is 8.78. The Hall–Kier alpha value is -1.20. The van der Waals surface area contributed by atoms with Gasteiger partial charge in [-0.3, -0.25) is 4.79 Å². The van der Waals surface area contributed by atoms with Crippen molar-refractivity contribution in [2.45, 2.75) is 76.7 Å². The Morgan fingerprint density at radius 3 is 2.17 bits per heavy atom. The lowest BCUT2D eigenvalue weighted by molar-refractivity contribution is -0.144. The molecule has 2 aliphatic rings. The SMILES string of the molecule is O=C(N[C@@H](CC1CCCCC1)C(=O)O)C(CC(F)F)C1CCC1. The summed E-state index contributed by atoms with van der Waals surface area (Å²) in [5.74, 6) is -2.03. The summed E-state index contributed by atoms with van der Waals surface area (Å²) < 4.78 is 25.5. The van der Waals surface area contributed by atoms with Gasteiger partial charge in [0.1, 0.15) is 6.04 Å². The molecular weight excluding hydrogens is 304 g/mol. The lowest BCUT2D eigenvalue weighted by atomic mass is 9.74. The third-order valence-corrected chi connectivity index (χ3v) is 5.40. The summed E-state index contributed by atoms with van der Waals surface area (Å²) in [4.78, 5) is 23.8. The van der Waals surface area contributed by atoms with E-state index in [0.717, 1.165) is 44.9 Å². The van der Waals surface area contributed by atoms with Crippen LogP contribution in [0.3, 0.4) is 0 Å². The molecule has 2 rings (SSSR count). The summed E-state index contributed by atoms with van der Waals surface area (Å²) in [6.45, 7) is 0. The molecule has 0 aromatic carbocycles. The predicted octanol–water partition coefficient (Wildman–Crippen LogP) is 3.60. The number of aliphatic carboxylic acids is 1. The van der Waals surface area contributed by atoms with E-state index in [1.54, 1.807) is 0 Å². The van der Waals surface area contributed by atoms with Crippen LogP contribution < -0.4 is 5.32 Å². The highest BCUT2D eigenvalue weighted by atomic mass is 19.3. The molecule has 1 amide bonds. The Balaban J connectivity index is 1.93. The van der Waals surface area contributed by atoms with Crippen molar-refractivity contribution in [2.24, 2.45) is 17.8 Å². The smallest absolute Gasteiger partial charge is 0.326 e. The number of alkyl halides is 2. The predicted molar refractivity (Wildman–Crippen MR) is 82.2 cm³/mol. The molecule has 0 bridgehead atoms. The van der Waals surface area contributed by atoms with Crippen LogP contribution in [0.5, 0.6) is 0 Å². The van der Waals surface area contributed by atoms with Gasteiger partial charge in [-0.2, -0.15) is 0 Å². The number of carboxylic acid groups (broad SMARTS) is 1. The third-order valence-electron chi connectivity index (χ3n) is 5.40. The first kappa shape index (κ1) is 18.1. The van der Waals surface area contributed by atoms with Gasteiger partial charge in [0.05, 0.1) is 0 Å². The van der Waals surface area contributed by atoms with Crippen molar-refractivity contribution in [2.75, 3.05) is 0 Å². The van der Waals surface area contributed by atoms with E-state index in [2.05, 4.69) is 5.32 Å². The summed E-state index contributed by atoms with van der Waals surface area (Å²) in [6.07, 6.45) is 5.29. The summed E-state index contributed by atoms with van der Waals surface area (Å²) in [5, 5.41) is 11.9. The fourth-order valence-electron chi connectivity index (χ4n) is 3.80. The molecule has 23 heavy (non-hydrogen) atoms. The molecule has 2 fully saturated rings. The minimum Gasteiger partial charge on any atom is -0.480 e. The Morgan fingerprint density at radius 2 is 1.70 bits per heavy atom. The number of rotatable bonds is 8. The number of amides is 1. The van der Waals surface area contributed by atoms with Crippen LogP contribution in [0.15, 0.2) is 0 Å². The second-order valence-electron chi connectivity index (χ2n) is 7.06. The number of nitrogens with one attached hydrogen (secondary N) is 1. The van der Waals surface area contributed by atoms with Crippen LogP contribution in [-0.2, 0) is 9.59 Å². The average molecular weight is 331 g/mol. The zero-order valence-corrected chi connectivity index (χ0v) is 13.5. The van der Waals surface area contributed by atoms with Crippen molar-refractivity contribution >= 4 is 11.9 Å². The first-order chi connectivity index (χ1) is 11.0. The molecule has 6 heteroatoms. The fraction of sp³-hybridized carbons (Fsp3) is 0.882. The van der Waals surface area contributed by atoms with Gasteiger partial charge in [0.2, 0.25) is 12.3 Å². The minimum absolute atomic E-state index is 0.0203. The largest absolute Gasteiger partial charge is 0.480 e. The standard InChI is InChI=1S/C17H27F2NO3/c18-15(19)10-13(12-7-4-8-12)16(21)20-14(17(22)23)9-11-5-2-1-3-6-11/h11-15H,1-10H2,(H,20,21)(H,22,23)/t13?,14-/m0/s1. The van der Waals surface area contributed by atoms with Gasteiger partial charge in [-0.05, 0) is 31.1 Å². The van der Waals surface area contributed by atoms with E-state index in [1.807, 2.05) is 0 Å². The van der Waals surface area contributed by atoms with Gasteiger partial charge in [-0.25, -0.2) is 13.6 Å². The molecule has 2 N–H and O–H groups in total. The average Bonchev–Trinajstić information content (AvgIpc) is 2.44. The summed E-state index contributed by atoms with van der Waals surface area (Å²) in [6, 6.07) is -0.953. The number of halogens is 2. The van der Waals surface area contributed by atoms with Crippen LogP contribution in [0.2, 0.25) is 0 Å². The van der Waals surface area contributed by atoms with Crippen LogP contribution in [-0.4, -0.2) is 29.5 Å². The molecule has 0 radical (unpaired) electrons. The highest BCUT2D eigenvalue weighted by molar-refractivity contribution is 5.85. The van der Waals surface area contributed by atoms with Gasteiger partial charge in [-0.15, -0.1) is 0 Å². The van der Waals surface area contributed by atoms with Gasteiger partial charge >= 0.3 is 5.97 Å². The van der Waals surface area contributed by atoms with Gasteiger partial charge in [0, 0.05) is 12.3 Å². The topological polar surface area (TPSA) is 66.4 Å². The second kappa shape index (κ2) is 8.60. The molecule has 0 aromatic heterocycles. The normalized spacial score (nSPS) is 22.4. The molecule has 0 saturated heterocycles. The van der Waals surface area contributed by atoms with E-state index in [0.29, 0.717) is 12.3 Å². The zero-order valence-electron chi connectivity index (χ0n) is 13.5. The molecule has 0 spiro atoms. The van der Waals surface area contributed by atoms with Crippen molar-refractivity contribution in [3.8, 4) is 0 Å². The van der Waals surface area contributed by atoms with Crippen molar-refractivity contribution in [1.82, 2.24) is 5.32 Å². The Kier molecular flexibility index (Phi) is 6.78. The number of carboxylic acids is 1. The molecule has 2 saturated carbocycles. The molecule has 4 nitrogen and oxygen atoms in total. The van der Waals surface area contributed by atoms with Crippen LogP contribution in [0, 0.1) is 17.8 Å². The van der Waals surface area contributed by atoms with Crippen molar-refractivity contribution in [1.29, 1.82) is 0 Å². The van der Waals surface area contributed by atoms with Crippen molar-refractivity contribution < 1.29 is 23.5 Å². The third kappa shape index (κ3) is 5.43. The second-order valence-corrected chi connectivity index (χ2v) is 7.06. The zero-order chi connectivity index (χ0) is 16.8. The molecule has 1 unspecified atom stereocenters. The lowest BCUT2D eigenvalue weighted by Gasteiger charge is -2.34. The quantitative estimate of drug-likeness (QED) is 0.714. The molecule has 0 aromatic rings. The van der Waals surface area contributed by atoms with E-state index < -0.39 is 36.7 Å². The number of hydrogen-bond acceptors (Lipinski definition) is 2. The molecule has 0 heterocycles. The number of hydrogen-bond donors (Lipinski definition) is 2. The van der Waals surface area contributed by atoms with Crippen LogP contribution in [0.4, 0.5) is 8.78 Å². The number of carbonyl (C=O) groups excluding carboxylic acids is 1. The maximum absolute atomic E-state index is 12.7. The molecular formula is C17H27F2NO3. The van der Waals surface area contributed by atoms with E-state index in [1.165, 1.54) is 6.42 Å². The molecule has 132 valence electrons. The van der Waals surface area contributed by atoms with E-state index in [4.69, 9.17) is 0 Å². The Bertz CT molecular complexity index is 407. The first-order valence-electron chi connectivity index (χ1n) is 8.78. The summed E-state index contributed by atoms with van der Waals surface area (Å²) >= 11 is 0. The highest BCUT2D eigenvalue weighted by Gasteiger charge is 2.36. The van der Waals surface area contributed by atoms with Gasteiger partial charge in [0.15, 0.2) is 0 Å². The maximum atomic E-state index is 12.7. The fourth-order valence-corrected chi connectivity index (χ4v) is 3.80. The minimum atomic E-state index is -2.53. The Labute approximate surface area is 136 Å². The molecule has 2 atom stereocenters. The molecule has 0 aliphatic heterocycles. The van der Waals surface area contributed by atoms with Crippen molar-refractivity contribution in [3.63, 3.8) is 0 Å². The van der Waals surface area contributed by atoms with E-state index in [-0.39, 0.29) is 5.92 Å².